The van der Waals surface area contributed by atoms with Gasteiger partial charge in [0.15, 0.2) is 5.96 Å². The van der Waals surface area contributed by atoms with Gasteiger partial charge in [0.1, 0.15) is 5.82 Å². The number of halogens is 1. The van der Waals surface area contributed by atoms with Crippen LogP contribution in [0.25, 0.3) is 0 Å². The maximum absolute atomic E-state index is 13.4. The van der Waals surface area contributed by atoms with Crippen molar-refractivity contribution >= 4 is 17.7 Å². The zero-order valence-electron chi connectivity index (χ0n) is 14.9. The molecule has 1 saturated carbocycles. The smallest absolute Gasteiger partial charge is 0.191 e. The number of rotatable bonds is 9. The van der Waals surface area contributed by atoms with E-state index in [2.05, 4.69) is 27.4 Å². The van der Waals surface area contributed by atoms with Crippen LogP contribution in [-0.4, -0.2) is 49.8 Å². The van der Waals surface area contributed by atoms with Crippen LogP contribution in [-0.2, 0) is 12.3 Å². The first kappa shape index (κ1) is 19.1. The van der Waals surface area contributed by atoms with Crippen LogP contribution in [0.3, 0.4) is 0 Å². The third-order valence-corrected chi connectivity index (χ3v) is 4.90. The van der Waals surface area contributed by atoms with Gasteiger partial charge in [-0.15, -0.1) is 0 Å². The Labute approximate surface area is 149 Å². The first-order chi connectivity index (χ1) is 11.7. The van der Waals surface area contributed by atoms with Crippen molar-refractivity contribution in [2.45, 2.75) is 38.1 Å². The third-order valence-electron chi connectivity index (χ3n) is 4.30. The summed E-state index contributed by atoms with van der Waals surface area (Å²) in [6.45, 7) is 5.89. The first-order valence-electron chi connectivity index (χ1n) is 8.62. The van der Waals surface area contributed by atoms with Crippen molar-refractivity contribution in [3.05, 3.63) is 35.1 Å². The van der Waals surface area contributed by atoms with Gasteiger partial charge in [0, 0.05) is 38.5 Å². The fourth-order valence-electron chi connectivity index (χ4n) is 2.81. The van der Waals surface area contributed by atoms with Crippen LogP contribution in [0.15, 0.2) is 23.2 Å². The highest BCUT2D eigenvalue weighted by Crippen LogP contribution is 2.25. The van der Waals surface area contributed by atoms with E-state index in [0.29, 0.717) is 6.54 Å². The predicted octanol–water partition coefficient (Wildman–Crippen LogP) is 2.84. The molecule has 1 aromatic rings. The Morgan fingerprint density at radius 2 is 2.12 bits per heavy atom. The van der Waals surface area contributed by atoms with Crippen molar-refractivity contribution in [2.24, 2.45) is 4.99 Å². The number of likely N-dealkylation sites (N-methyl/N-ethyl adjacent to an activating group) is 1. The maximum atomic E-state index is 13.4. The number of benzene rings is 1. The Hall–Kier alpha value is -1.27. The van der Waals surface area contributed by atoms with E-state index in [4.69, 9.17) is 0 Å². The molecule has 2 rings (SSSR count). The highest BCUT2D eigenvalue weighted by molar-refractivity contribution is 7.97. The second-order valence-electron chi connectivity index (χ2n) is 6.06. The van der Waals surface area contributed by atoms with Crippen molar-refractivity contribution in [1.82, 2.24) is 15.5 Å². The van der Waals surface area contributed by atoms with Crippen LogP contribution in [0.1, 0.15) is 30.9 Å². The second-order valence-corrected chi connectivity index (χ2v) is 6.92. The fraction of sp³-hybridized carbons (Fsp3) is 0.611. The molecule has 0 heterocycles. The van der Waals surface area contributed by atoms with Gasteiger partial charge < -0.3 is 10.6 Å². The van der Waals surface area contributed by atoms with Crippen molar-refractivity contribution in [3.8, 4) is 0 Å². The Morgan fingerprint density at radius 1 is 1.33 bits per heavy atom. The van der Waals surface area contributed by atoms with E-state index in [1.165, 1.54) is 18.9 Å². The van der Waals surface area contributed by atoms with Crippen molar-refractivity contribution in [3.63, 3.8) is 0 Å². The molecule has 0 atom stereocenters. The number of hydrogen-bond acceptors (Lipinski definition) is 3. The van der Waals surface area contributed by atoms with Gasteiger partial charge in [0.25, 0.3) is 0 Å². The van der Waals surface area contributed by atoms with Gasteiger partial charge in [-0.05, 0) is 48.9 Å². The molecule has 0 aliphatic heterocycles. The molecule has 1 aliphatic carbocycles. The Kier molecular flexibility index (Phi) is 7.85. The van der Waals surface area contributed by atoms with Gasteiger partial charge in [0.2, 0.25) is 0 Å². The topological polar surface area (TPSA) is 39.7 Å². The lowest BCUT2D eigenvalue weighted by Gasteiger charge is -2.21. The van der Waals surface area contributed by atoms with Crippen LogP contribution in [0, 0.1) is 5.82 Å². The molecule has 24 heavy (non-hydrogen) atoms. The zero-order valence-corrected chi connectivity index (χ0v) is 15.8. The van der Waals surface area contributed by atoms with Gasteiger partial charge in [0.05, 0.1) is 0 Å². The predicted molar refractivity (Wildman–Crippen MR) is 102 cm³/mol. The normalized spacial score (nSPS) is 15.0. The molecule has 0 saturated heterocycles. The number of hydrogen-bond donors (Lipinski definition) is 2. The number of guanidine groups is 1. The average molecular weight is 353 g/mol. The number of aliphatic imine (C=N–C) groups is 1. The largest absolute Gasteiger partial charge is 0.355 e. The Morgan fingerprint density at radius 3 is 2.75 bits per heavy atom. The monoisotopic (exact) mass is 352 g/mol. The molecule has 1 aromatic carbocycles. The third kappa shape index (κ3) is 5.98. The van der Waals surface area contributed by atoms with E-state index >= 15 is 0 Å². The summed E-state index contributed by atoms with van der Waals surface area (Å²) in [5, 5.41) is 6.70. The van der Waals surface area contributed by atoms with E-state index in [9.17, 15) is 4.39 Å². The van der Waals surface area contributed by atoms with Gasteiger partial charge >= 0.3 is 0 Å². The van der Waals surface area contributed by atoms with Crippen LogP contribution >= 0.6 is 11.8 Å². The van der Waals surface area contributed by atoms with E-state index < -0.39 is 0 Å². The molecule has 1 aliphatic rings. The molecule has 0 aromatic heterocycles. The zero-order chi connectivity index (χ0) is 17.4. The molecule has 0 spiro atoms. The van der Waals surface area contributed by atoms with Gasteiger partial charge in [-0.1, -0.05) is 13.0 Å². The molecule has 6 heteroatoms. The fourth-order valence-corrected chi connectivity index (χ4v) is 3.39. The average Bonchev–Trinajstić information content (AvgIpc) is 3.41. The molecule has 0 unspecified atom stereocenters. The summed E-state index contributed by atoms with van der Waals surface area (Å²) in [5.41, 5.74) is 2.15. The Balaban J connectivity index is 1.80. The second kappa shape index (κ2) is 9.89. The molecule has 134 valence electrons. The SMILES string of the molecule is CCN(CCNC(=NC)NCc1ccc(F)cc1CSC)C1CC1. The summed E-state index contributed by atoms with van der Waals surface area (Å²) in [5.74, 6) is 1.43. The molecule has 0 radical (unpaired) electrons. The van der Waals surface area contributed by atoms with Crippen molar-refractivity contribution < 1.29 is 4.39 Å². The van der Waals surface area contributed by atoms with E-state index in [-0.39, 0.29) is 5.82 Å². The van der Waals surface area contributed by atoms with E-state index in [0.717, 1.165) is 48.5 Å². The van der Waals surface area contributed by atoms with Gasteiger partial charge in [-0.2, -0.15) is 11.8 Å². The van der Waals surface area contributed by atoms with E-state index in [1.54, 1.807) is 24.9 Å². The molecule has 0 amide bonds. The minimum absolute atomic E-state index is 0.176. The summed E-state index contributed by atoms with van der Waals surface area (Å²) in [6.07, 6.45) is 4.70. The van der Waals surface area contributed by atoms with Crippen LogP contribution < -0.4 is 10.6 Å². The number of thioether (sulfide) groups is 1. The van der Waals surface area contributed by atoms with Crippen LogP contribution in [0.2, 0.25) is 0 Å². The molecule has 4 nitrogen and oxygen atoms in total. The minimum atomic E-state index is -0.176. The molecule has 0 bridgehead atoms. The van der Waals surface area contributed by atoms with E-state index in [1.807, 2.05) is 12.3 Å². The summed E-state index contributed by atoms with van der Waals surface area (Å²) in [6, 6.07) is 5.79. The number of nitrogens with zero attached hydrogens (tertiary/aromatic N) is 2. The molecular weight excluding hydrogens is 323 g/mol. The molecule has 1 fully saturated rings. The standard InChI is InChI=1S/C18H29FN4S/c1-4-23(17-7-8-17)10-9-21-18(20-2)22-12-14-5-6-16(19)11-15(14)13-24-3/h5-6,11,17H,4,7-10,12-13H2,1-3H3,(H2,20,21,22). The van der Waals surface area contributed by atoms with Crippen LogP contribution in [0.5, 0.6) is 0 Å². The lowest BCUT2D eigenvalue weighted by atomic mass is 10.1. The quantitative estimate of drug-likeness (QED) is 0.530. The number of nitrogens with one attached hydrogen (secondary N) is 2. The lowest BCUT2D eigenvalue weighted by molar-refractivity contribution is 0.282. The highest BCUT2D eigenvalue weighted by Gasteiger charge is 2.27. The summed E-state index contributed by atoms with van der Waals surface area (Å²) in [4.78, 5) is 6.79. The molecular formula is C18H29FN4S. The van der Waals surface area contributed by atoms with Crippen molar-refractivity contribution in [2.75, 3.05) is 32.9 Å². The van der Waals surface area contributed by atoms with Gasteiger partial charge in [-0.25, -0.2) is 4.39 Å². The molecule has 2 N–H and O–H groups in total. The Bertz CT molecular complexity index is 546. The minimum Gasteiger partial charge on any atom is -0.355 e. The first-order valence-corrected chi connectivity index (χ1v) is 10.0. The summed E-state index contributed by atoms with van der Waals surface area (Å²) >= 11 is 1.70. The summed E-state index contributed by atoms with van der Waals surface area (Å²) in [7, 11) is 1.78. The summed E-state index contributed by atoms with van der Waals surface area (Å²) < 4.78 is 13.4. The van der Waals surface area contributed by atoms with Gasteiger partial charge in [-0.3, -0.25) is 9.89 Å². The maximum Gasteiger partial charge on any atom is 0.191 e. The lowest BCUT2D eigenvalue weighted by Crippen LogP contribution is -2.41. The highest BCUT2D eigenvalue weighted by atomic mass is 32.2. The van der Waals surface area contributed by atoms with Crippen molar-refractivity contribution in [1.29, 1.82) is 0 Å². The van der Waals surface area contributed by atoms with Crippen LogP contribution in [0.4, 0.5) is 4.39 Å².